The maximum Gasteiger partial charge on any atom is 0.191 e. The van der Waals surface area contributed by atoms with Crippen LogP contribution in [0.2, 0.25) is 0 Å². The van der Waals surface area contributed by atoms with Crippen molar-refractivity contribution in [1.82, 2.24) is 10.6 Å². The predicted octanol–water partition coefficient (Wildman–Crippen LogP) is 2.82. The minimum absolute atomic E-state index is 0.354. The van der Waals surface area contributed by atoms with Crippen molar-refractivity contribution in [3.63, 3.8) is 0 Å². The summed E-state index contributed by atoms with van der Waals surface area (Å²) in [6.07, 6.45) is 4.92. The van der Waals surface area contributed by atoms with Crippen molar-refractivity contribution < 1.29 is 4.74 Å². The lowest BCUT2D eigenvalue weighted by atomic mass is 9.67. The third-order valence-corrected chi connectivity index (χ3v) is 4.70. The highest BCUT2D eigenvalue weighted by Gasteiger charge is 2.36. The third kappa shape index (κ3) is 5.24. The highest BCUT2D eigenvalue weighted by Crippen LogP contribution is 2.43. The number of benzene rings is 1. The average molecular weight is 328 g/mol. The van der Waals surface area contributed by atoms with Crippen molar-refractivity contribution in [2.24, 2.45) is 10.4 Å². The van der Waals surface area contributed by atoms with Crippen LogP contribution in [0.3, 0.4) is 0 Å². The first-order chi connectivity index (χ1) is 11.7. The molecule has 1 aliphatic carbocycles. The van der Waals surface area contributed by atoms with E-state index in [1.807, 2.05) is 24.3 Å². The normalized spacial score (nSPS) is 16.1. The van der Waals surface area contributed by atoms with Gasteiger partial charge in [-0.05, 0) is 49.3 Å². The van der Waals surface area contributed by atoms with Crippen molar-refractivity contribution >= 4 is 5.96 Å². The average Bonchev–Trinajstić information content (AvgIpc) is 2.58. The van der Waals surface area contributed by atoms with E-state index >= 15 is 0 Å². The van der Waals surface area contributed by atoms with Gasteiger partial charge in [-0.2, -0.15) is 5.26 Å². The summed E-state index contributed by atoms with van der Waals surface area (Å²) in [4.78, 5) is 4.65. The van der Waals surface area contributed by atoms with Gasteiger partial charge in [-0.15, -0.1) is 0 Å². The lowest BCUT2D eigenvalue weighted by Crippen LogP contribution is -2.46. The Balaban J connectivity index is 1.94. The van der Waals surface area contributed by atoms with Gasteiger partial charge in [0.15, 0.2) is 5.96 Å². The fourth-order valence-electron chi connectivity index (χ4n) is 3.03. The first kappa shape index (κ1) is 18.3. The number of rotatable bonds is 8. The topological polar surface area (TPSA) is 69.4 Å². The van der Waals surface area contributed by atoms with Crippen LogP contribution in [-0.2, 0) is 11.3 Å². The van der Waals surface area contributed by atoms with Gasteiger partial charge >= 0.3 is 0 Å². The second-order valence-corrected chi connectivity index (χ2v) is 6.46. The van der Waals surface area contributed by atoms with Crippen LogP contribution < -0.4 is 10.6 Å². The van der Waals surface area contributed by atoms with Gasteiger partial charge in [0.2, 0.25) is 0 Å². The van der Waals surface area contributed by atoms with Crippen molar-refractivity contribution in [1.29, 1.82) is 5.26 Å². The molecule has 1 fully saturated rings. The molecule has 0 saturated heterocycles. The molecule has 0 radical (unpaired) electrons. The second-order valence-electron chi connectivity index (χ2n) is 6.46. The fraction of sp³-hybridized carbons (Fsp3) is 0.579. The lowest BCUT2D eigenvalue weighted by molar-refractivity contribution is 0.0732. The van der Waals surface area contributed by atoms with Crippen molar-refractivity contribution in [3.05, 3.63) is 35.4 Å². The minimum atomic E-state index is 0.354. The number of ether oxygens (including phenoxy) is 1. The van der Waals surface area contributed by atoms with Gasteiger partial charge in [0.25, 0.3) is 0 Å². The van der Waals surface area contributed by atoms with Crippen LogP contribution in [0, 0.1) is 16.7 Å². The molecular weight excluding hydrogens is 300 g/mol. The lowest BCUT2D eigenvalue weighted by Gasteiger charge is -2.42. The van der Waals surface area contributed by atoms with E-state index in [1.165, 1.54) is 19.3 Å². The third-order valence-electron chi connectivity index (χ3n) is 4.70. The Labute approximate surface area is 145 Å². The van der Waals surface area contributed by atoms with Gasteiger partial charge in [0.05, 0.1) is 18.2 Å². The summed E-state index contributed by atoms with van der Waals surface area (Å²) in [6.45, 7) is 5.21. The molecule has 5 nitrogen and oxygen atoms in total. The Bertz CT molecular complexity index is 587. The Morgan fingerprint density at radius 1 is 1.38 bits per heavy atom. The molecule has 0 amide bonds. The standard InChI is InChI=1S/C19H28N4O/c1-3-21-18(22-14-17-7-4-6-16(12-17)13-20)23-15-19(8-5-9-19)10-11-24-2/h4,6-7,12H,3,5,8-11,14-15H2,1-2H3,(H2,21,22,23). The Morgan fingerprint density at radius 3 is 2.83 bits per heavy atom. The number of methoxy groups -OCH3 is 1. The molecule has 1 aromatic rings. The van der Waals surface area contributed by atoms with Gasteiger partial charge in [-0.25, -0.2) is 4.99 Å². The molecule has 1 aromatic carbocycles. The molecule has 0 heterocycles. The van der Waals surface area contributed by atoms with Gasteiger partial charge in [0, 0.05) is 26.8 Å². The minimum Gasteiger partial charge on any atom is -0.385 e. The molecule has 0 unspecified atom stereocenters. The summed E-state index contributed by atoms with van der Waals surface area (Å²) < 4.78 is 5.25. The molecule has 130 valence electrons. The zero-order chi connectivity index (χ0) is 17.3. The number of guanidine groups is 1. The van der Waals surface area contributed by atoms with E-state index in [4.69, 9.17) is 10.00 Å². The number of hydrogen-bond donors (Lipinski definition) is 2. The molecule has 5 heteroatoms. The van der Waals surface area contributed by atoms with Crippen molar-refractivity contribution in [2.75, 3.05) is 26.8 Å². The SMILES string of the molecule is CCNC(=NCc1cccc(C#N)c1)NCC1(CCOC)CCC1. The summed E-state index contributed by atoms with van der Waals surface area (Å²) in [5, 5.41) is 15.8. The first-order valence-electron chi connectivity index (χ1n) is 8.71. The van der Waals surface area contributed by atoms with Crippen molar-refractivity contribution in [2.45, 2.75) is 39.2 Å². The Kier molecular flexibility index (Phi) is 7.07. The fourth-order valence-corrected chi connectivity index (χ4v) is 3.03. The summed E-state index contributed by atoms with van der Waals surface area (Å²) in [7, 11) is 1.76. The van der Waals surface area contributed by atoms with Gasteiger partial charge in [0.1, 0.15) is 0 Å². The molecule has 2 rings (SSSR count). The van der Waals surface area contributed by atoms with Crippen LogP contribution >= 0.6 is 0 Å². The highest BCUT2D eigenvalue weighted by atomic mass is 16.5. The zero-order valence-corrected chi connectivity index (χ0v) is 14.8. The summed E-state index contributed by atoms with van der Waals surface area (Å²) >= 11 is 0. The number of nitrogens with zero attached hydrogens (tertiary/aromatic N) is 2. The monoisotopic (exact) mass is 328 g/mol. The zero-order valence-electron chi connectivity index (χ0n) is 14.8. The molecule has 2 N–H and O–H groups in total. The summed E-state index contributed by atoms with van der Waals surface area (Å²) in [5.74, 6) is 0.837. The molecular formula is C19H28N4O. The van der Waals surface area contributed by atoms with Gasteiger partial charge in [-0.3, -0.25) is 0 Å². The van der Waals surface area contributed by atoms with Crippen LogP contribution in [0.15, 0.2) is 29.3 Å². The predicted molar refractivity (Wildman–Crippen MR) is 96.8 cm³/mol. The van der Waals surface area contributed by atoms with E-state index in [2.05, 4.69) is 28.6 Å². The Morgan fingerprint density at radius 2 is 2.21 bits per heavy atom. The molecule has 0 bridgehead atoms. The van der Waals surface area contributed by atoms with E-state index < -0.39 is 0 Å². The van der Waals surface area contributed by atoms with Crippen LogP contribution in [0.25, 0.3) is 0 Å². The van der Waals surface area contributed by atoms with Crippen molar-refractivity contribution in [3.8, 4) is 6.07 Å². The Hall–Kier alpha value is -2.06. The molecule has 0 aromatic heterocycles. The molecule has 1 aliphatic rings. The van der Waals surface area contributed by atoms with E-state index in [0.717, 1.165) is 37.6 Å². The summed E-state index contributed by atoms with van der Waals surface area (Å²) in [6, 6.07) is 9.77. The highest BCUT2D eigenvalue weighted by molar-refractivity contribution is 5.79. The van der Waals surface area contributed by atoms with Crippen LogP contribution in [0.5, 0.6) is 0 Å². The molecule has 24 heavy (non-hydrogen) atoms. The first-order valence-corrected chi connectivity index (χ1v) is 8.71. The van der Waals surface area contributed by atoms with Gasteiger partial charge in [-0.1, -0.05) is 18.6 Å². The number of nitriles is 1. The molecule has 1 saturated carbocycles. The van der Waals surface area contributed by atoms with E-state index in [1.54, 1.807) is 7.11 Å². The van der Waals surface area contributed by atoms with Crippen LogP contribution in [0.4, 0.5) is 0 Å². The molecule has 0 aliphatic heterocycles. The van der Waals surface area contributed by atoms with Crippen LogP contribution in [-0.4, -0.2) is 32.8 Å². The number of aliphatic imine (C=N–C) groups is 1. The summed E-state index contributed by atoms with van der Waals surface area (Å²) in [5.41, 5.74) is 2.07. The van der Waals surface area contributed by atoms with Gasteiger partial charge < -0.3 is 15.4 Å². The van der Waals surface area contributed by atoms with E-state index in [9.17, 15) is 0 Å². The maximum atomic E-state index is 8.98. The smallest absolute Gasteiger partial charge is 0.191 e. The second kappa shape index (κ2) is 9.29. The van der Waals surface area contributed by atoms with Crippen LogP contribution in [0.1, 0.15) is 43.7 Å². The van der Waals surface area contributed by atoms with E-state index in [0.29, 0.717) is 17.5 Å². The largest absolute Gasteiger partial charge is 0.385 e. The maximum absolute atomic E-state index is 8.98. The number of hydrogen-bond acceptors (Lipinski definition) is 3. The number of nitrogens with one attached hydrogen (secondary N) is 2. The molecule has 0 atom stereocenters. The molecule has 0 spiro atoms. The van der Waals surface area contributed by atoms with E-state index in [-0.39, 0.29) is 0 Å². The quantitative estimate of drug-likeness (QED) is 0.569.